The second-order valence-corrected chi connectivity index (χ2v) is 2.56. The number of methoxy groups -OCH3 is 1. The highest BCUT2D eigenvalue weighted by atomic mass is 16.7. The highest BCUT2D eigenvalue weighted by Gasteiger charge is 2.20. The van der Waals surface area contributed by atoms with Gasteiger partial charge in [-0.1, -0.05) is 0 Å². The van der Waals surface area contributed by atoms with Gasteiger partial charge in [0.2, 0.25) is 0 Å². The van der Waals surface area contributed by atoms with Crippen molar-refractivity contribution in [2.24, 2.45) is 5.90 Å². The molecule has 0 bridgehead atoms. The van der Waals surface area contributed by atoms with Gasteiger partial charge >= 0.3 is 5.97 Å². The van der Waals surface area contributed by atoms with Crippen LogP contribution in [0.1, 0.15) is 6.92 Å². The molecule has 0 amide bonds. The third-order valence-electron chi connectivity index (χ3n) is 1.21. The van der Waals surface area contributed by atoms with Crippen molar-refractivity contribution in [2.45, 2.75) is 19.1 Å². The van der Waals surface area contributed by atoms with Gasteiger partial charge in [0.15, 0.2) is 6.10 Å². The minimum atomic E-state index is -0.941. The highest BCUT2D eigenvalue weighted by molar-refractivity contribution is 5.74. The van der Waals surface area contributed by atoms with Crippen LogP contribution < -0.4 is 5.90 Å². The molecule has 78 valence electrons. The van der Waals surface area contributed by atoms with Crippen LogP contribution in [0.2, 0.25) is 0 Å². The second-order valence-electron chi connectivity index (χ2n) is 2.56. The lowest BCUT2D eigenvalue weighted by atomic mass is 10.4. The molecule has 6 heteroatoms. The van der Waals surface area contributed by atoms with Crippen molar-refractivity contribution in [3.8, 4) is 0 Å². The standard InChI is InChI=1S/C7H15NO5/c1-5(9)3-12-7(10)6(13-8)4-11-2/h5-6,9H,3-4,8H2,1-2H3. The van der Waals surface area contributed by atoms with Crippen LogP contribution in [0.25, 0.3) is 0 Å². The van der Waals surface area contributed by atoms with Gasteiger partial charge in [0.25, 0.3) is 0 Å². The topological polar surface area (TPSA) is 91.0 Å². The highest BCUT2D eigenvalue weighted by Crippen LogP contribution is 1.94. The van der Waals surface area contributed by atoms with Crippen molar-refractivity contribution >= 4 is 5.97 Å². The summed E-state index contributed by atoms with van der Waals surface area (Å²) in [5.74, 6) is 4.17. The maximum Gasteiger partial charge on any atom is 0.339 e. The first kappa shape index (κ1) is 12.3. The van der Waals surface area contributed by atoms with Gasteiger partial charge in [0.1, 0.15) is 6.61 Å². The summed E-state index contributed by atoms with van der Waals surface area (Å²) >= 11 is 0. The first-order valence-corrected chi connectivity index (χ1v) is 3.81. The molecule has 0 saturated heterocycles. The third-order valence-corrected chi connectivity index (χ3v) is 1.21. The number of carbonyl (C=O) groups is 1. The molecule has 0 aliphatic rings. The molecule has 3 N–H and O–H groups in total. The molecule has 0 radical (unpaired) electrons. The zero-order valence-electron chi connectivity index (χ0n) is 7.73. The molecular formula is C7H15NO5. The predicted molar refractivity (Wildman–Crippen MR) is 43.6 cm³/mol. The molecule has 0 aliphatic carbocycles. The van der Waals surface area contributed by atoms with Crippen LogP contribution in [-0.2, 0) is 19.1 Å². The molecular weight excluding hydrogens is 178 g/mol. The summed E-state index contributed by atoms with van der Waals surface area (Å²) in [5, 5.41) is 8.81. The van der Waals surface area contributed by atoms with E-state index >= 15 is 0 Å². The van der Waals surface area contributed by atoms with E-state index in [4.69, 9.17) is 11.0 Å². The molecule has 0 saturated carbocycles. The van der Waals surface area contributed by atoms with Crippen LogP contribution in [0.3, 0.4) is 0 Å². The van der Waals surface area contributed by atoms with E-state index in [0.29, 0.717) is 0 Å². The molecule has 0 aliphatic heterocycles. The molecule has 2 atom stereocenters. The predicted octanol–water partition coefficient (Wildman–Crippen LogP) is -1.18. The Morgan fingerprint density at radius 2 is 2.15 bits per heavy atom. The van der Waals surface area contributed by atoms with E-state index in [0.717, 1.165) is 0 Å². The van der Waals surface area contributed by atoms with E-state index in [1.165, 1.54) is 14.0 Å². The van der Waals surface area contributed by atoms with E-state index in [2.05, 4.69) is 14.3 Å². The van der Waals surface area contributed by atoms with Gasteiger partial charge in [-0.05, 0) is 6.92 Å². The van der Waals surface area contributed by atoms with Crippen molar-refractivity contribution in [3.63, 3.8) is 0 Å². The van der Waals surface area contributed by atoms with E-state index < -0.39 is 18.2 Å². The third kappa shape index (κ3) is 5.53. The summed E-state index contributed by atoms with van der Waals surface area (Å²) in [5.41, 5.74) is 0. The second kappa shape index (κ2) is 6.79. The molecule has 6 nitrogen and oxygen atoms in total. The minimum absolute atomic E-state index is 0.0230. The van der Waals surface area contributed by atoms with Gasteiger partial charge in [-0.25, -0.2) is 10.7 Å². The monoisotopic (exact) mass is 193 g/mol. The first-order chi connectivity index (χ1) is 6.11. The van der Waals surface area contributed by atoms with Crippen LogP contribution in [-0.4, -0.2) is 43.6 Å². The average molecular weight is 193 g/mol. The van der Waals surface area contributed by atoms with Crippen LogP contribution in [0.15, 0.2) is 0 Å². The average Bonchev–Trinajstić information content (AvgIpc) is 2.10. The fourth-order valence-electron chi connectivity index (χ4n) is 0.610. The Morgan fingerprint density at radius 1 is 1.54 bits per heavy atom. The lowest BCUT2D eigenvalue weighted by molar-refractivity contribution is -0.163. The quantitative estimate of drug-likeness (QED) is 0.407. The van der Waals surface area contributed by atoms with Crippen molar-refractivity contribution in [2.75, 3.05) is 20.3 Å². The SMILES string of the molecule is COCC(ON)C(=O)OCC(C)O. The molecule has 0 rings (SSSR count). The Hall–Kier alpha value is -0.690. The van der Waals surface area contributed by atoms with Crippen molar-refractivity contribution in [1.29, 1.82) is 0 Å². The van der Waals surface area contributed by atoms with Gasteiger partial charge in [-0.15, -0.1) is 0 Å². The Bertz CT molecular complexity index is 150. The summed E-state index contributed by atoms with van der Waals surface area (Å²) < 4.78 is 9.29. The molecule has 13 heavy (non-hydrogen) atoms. The molecule has 0 fully saturated rings. The molecule has 0 aromatic heterocycles. The van der Waals surface area contributed by atoms with Gasteiger partial charge in [-0.3, -0.25) is 4.84 Å². The Balaban J connectivity index is 3.77. The number of aliphatic hydroxyl groups is 1. The minimum Gasteiger partial charge on any atom is -0.461 e. The summed E-state index contributed by atoms with van der Waals surface area (Å²) in [7, 11) is 1.41. The van der Waals surface area contributed by atoms with Gasteiger partial charge < -0.3 is 14.6 Å². The van der Waals surface area contributed by atoms with Crippen LogP contribution >= 0.6 is 0 Å². The number of rotatable bonds is 6. The summed E-state index contributed by atoms with van der Waals surface area (Å²) in [4.78, 5) is 15.4. The molecule has 0 spiro atoms. The number of ether oxygens (including phenoxy) is 2. The molecule has 0 heterocycles. The Morgan fingerprint density at radius 3 is 2.54 bits per heavy atom. The van der Waals surface area contributed by atoms with Crippen molar-refractivity contribution < 1.29 is 24.2 Å². The number of hydrogen-bond donors (Lipinski definition) is 2. The number of hydrogen-bond acceptors (Lipinski definition) is 6. The summed E-state index contributed by atoms with van der Waals surface area (Å²) in [6, 6.07) is 0. The molecule has 0 aromatic carbocycles. The fourth-order valence-corrected chi connectivity index (χ4v) is 0.610. The van der Waals surface area contributed by atoms with E-state index in [-0.39, 0.29) is 13.2 Å². The van der Waals surface area contributed by atoms with Crippen LogP contribution in [0, 0.1) is 0 Å². The number of nitrogens with two attached hydrogens (primary N) is 1. The Kier molecular flexibility index (Phi) is 6.43. The van der Waals surface area contributed by atoms with Crippen LogP contribution in [0.4, 0.5) is 0 Å². The van der Waals surface area contributed by atoms with Crippen molar-refractivity contribution in [3.05, 3.63) is 0 Å². The lowest BCUT2D eigenvalue weighted by Crippen LogP contribution is -2.34. The summed E-state index contributed by atoms with van der Waals surface area (Å²) in [6.45, 7) is 1.44. The largest absolute Gasteiger partial charge is 0.461 e. The molecule has 0 aromatic rings. The van der Waals surface area contributed by atoms with Gasteiger partial charge in [0, 0.05) is 7.11 Å². The normalized spacial score (nSPS) is 15.1. The van der Waals surface area contributed by atoms with Crippen LogP contribution in [0.5, 0.6) is 0 Å². The smallest absolute Gasteiger partial charge is 0.339 e. The number of carbonyl (C=O) groups excluding carboxylic acids is 1. The lowest BCUT2D eigenvalue weighted by Gasteiger charge is -2.13. The zero-order chi connectivity index (χ0) is 10.3. The fraction of sp³-hybridized carbons (Fsp3) is 0.857. The van der Waals surface area contributed by atoms with Crippen molar-refractivity contribution in [1.82, 2.24) is 0 Å². The summed E-state index contributed by atoms with van der Waals surface area (Å²) in [6.07, 6.45) is -1.64. The first-order valence-electron chi connectivity index (χ1n) is 3.81. The molecule has 2 unspecified atom stereocenters. The Labute approximate surface area is 76.5 Å². The number of esters is 1. The maximum absolute atomic E-state index is 11.1. The van der Waals surface area contributed by atoms with E-state index in [9.17, 15) is 4.79 Å². The number of aliphatic hydroxyl groups excluding tert-OH is 1. The maximum atomic E-state index is 11.1. The van der Waals surface area contributed by atoms with Gasteiger partial charge in [-0.2, -0.15) is 0 Å². The van der Waals surface area contributed by atoms with Gasteiger partial charge in [0.05, 0.1) is 12.7 Å². The van der Waals surface area contributed by atoms with E-state index in [1.54, 1.807) is 0 Å². The van der Waals surface area contributed by atoms with E-state index in [1.807, 2.05) is 0 Å². The zero-order valence-corrected chi connectivity index (χ0v) is 7.73.